The molecule has 5 aromatic rings. The van der Waals surface area contributed by atoms with Gasteiger partial charge < -0.3 is 4.57 Å². The molecule has 3 heteroatoms. The van der Waals surface area contributed by atoms with Crippen molar-refractivity contribution in [2.45, 2.75) is 0 Å². The number of hydrogen-bond acceptors (Lipinski definition) is 1. The first-order chi connectivity index (χ1) is 13.3. The fourth-order valence-corrected chi connectivity index (χ4v) is 3.78. The first-order valence-corrected chi connectivity index (χ1v) is 8.64. The topological polar surface area (TPSA) is 33.1 Å². The summed E-state index contributed by atoms with van der Waals surface area (Å²) in [5, 5.41) is 14.3. The molecular weight excluding hydrogens is 330 g/mol. The Bertz CT molecular complexity index is 1440. The molecular formula is C24H13N3. The van der Waals surface area contributed by atoms with Crippen LogP contribution in [0, 0.1) is 17.9 Å². The summed E-state index contributed by atoms with van der Waals surface area (Å²) in [6, 6.07) is 28.3. The van der Waals surface area contributed by atoms with Crippen LogP contribution in [0.2, 0.25) is 0 Å². The minimum Gasteiger partial charge on any atom is -0.309 e. The molecule has 1 aromatic heterocycles. The van der Waals surface area contributed by atoms with Crippen molar-refractivity contribution >= 4 is 38.3 Å². The van der Waals surface area contributed by atoms with E-state index in [2.05, 4.69) is 51.9 Å². The largest absolute Gasteiger partial charge is 0.309 e. The second kappa shape index (κ2) is 5.73. The van der Waals surface area contributed by atoms with E-state index in [0.717, 1.165) is 32.9 Å². The van der Waals surface area contributed by atoms with Gasteiger partial charge in [-0.15, -0.1) is 0 Å². The highest BCUT2D eigenvalue weighted by Crippen LogP contribution is 2.36. The normalized spacial score (nSPS) is 10.9. The van der Waals surface area contributed by atoms with Gasteiger partial charge >= 0.3 is 0 Å². The highest BCUT2D eigenvalue weighted by molar-refractivity contribution is 6.13. The molecule has 0 saturated carbocycles. The van der Waals surface area contributed by atoms with E-state index >= 15 is 0 Å². The highest BCUT2D eigenvalue weighted by Gasteiger charge is 2.15. The molecule has 0 fully saturated rings. The van der Waals surface area contributed by atoms with Crippen LogP contribution in [0.4, 0.5) is 5.69 Å². The Labute approximate surface area is 156 Å². The number of hydrogen-bond donors (Lipinski definition) is 0. The third-order valence-electron chi connectivity index (χ3n) is 5.01. The molecule has 4 aromatic carbocycles. The molecule has 0 N–H and O–H groups in total. The fourth-order valence-electron chi connectivity index (χ4n) is 3.78. The van der Waals surface area contributed by atoms with E-state index in [0.29, 0.717) is 11.3 Å². The summed E-state index contributed by atoms with van der Waals surface area (Å²) in [4.78, 5) is 3.55. The second-order valence-corrected chi connectivity index (χ2v) is 6.49. The summed E-state index contributed by atoms with van der Waals surface area (Å²) in [6.45, 7) is 7.36. The maximum absolute atomic E-state index is 9.66. The number of aromatic nitrogens is 1. The van der Waals surface area contributed by atoms with Gasteiger partial charge in [0.25, 0.3) is 0 Å². The van der Waals surface area contributed by atoms with Crippen LogP contribution >= 0.6 is 0 Å². The SMILES string of the molecule is [C-]#[N+]c1ccc(C#N)c(-n2c3ccccc3c3cc4ccccc4cc32)c1. The number of para-hydroxylation sites is 1. The molecule has 0 atom stereocenters. The van der Waals surface area contributed by atoms with Crippen LogP contribution in [0.25, 0.3) is 43.1 Å². The Morgan fingerprint density at radius 3 is 2.30 bits per heavy atom. The minimum atomic E-state index is 0.524. The highest BCUT2D eigenvalue weighted by atomic mass is 15.0. The molecule has 0 saturated heterocycles. The number of fused-ring (bicyclic) bond motifs is 4. The lowest BCUT2D eigenvalue weighted by molar-refractivity contribution is 1.17. The fraction of sp³-hybridized carbons (Fsp3) is 0. The van der Waals surface area contributed by atoms with Gasteiger partial charge in [0.2, 0.25) is 0 Å². The summed E-state index contributed by atoms with van der Waals surface area (Å²) in [6.07, 6.45) is 0. The Morgan fingerprint density at radius 1 is 0.778 bits per heavy atom. The quantitative estimate of drug-likeness (QED) is 0.326. The van der Waals surface area contributed by atoms with Crippen molar-refractivity contribution in [3.63, 3.8) is 0 Å². The van der Waals surface area contributed by atoms with Crippen molar-refractivity contribution in [1.29, 1.82) is 5.26 Å². The van der Waals surface area contributed by atoms with Gasteiger partial charge in [0, 0.05) is 10.8 Å². The van der Waals surface area contributed by atoms with E-state index in [4.69, 9.17) is 6.57 Å². The third kappa shape index (κ3) is 2.20. The number of benzene rings is 4. The summed E-state index contributed by atoms with van der Waals surface area (Å²) in [7, 11) is 0. The zero-order valence-electron chi connectivity index (χ0n) is 14.3. The molecule has 0 aliphatic heterocycles. The Balaban J connectivity index is 2.02. The average molecular weight is 343 g/mol. The average Bonchev–Trinajstić information content (AvgIpc) is 3.05. The van der Waals surface area contributed by atoms with Gasteiger partial charge in [0.1, 0.15) is 6.07 Å². The second-order valence-electron chi connectivity index (χ2n) is 6.49. The third-order valence-corrected chi connectivity index (χ3v) is 5.01. The van der Waals surface area contributed by atoms with Gasteiger partial charge in [-0.2, -0.15) is 5.26 Å². The van der Waals surface area contributed by atoms with Crippen molar-refractivity contribution < 1.29 is 0 Å². The number of nitriles is 1. The van der Waals surface area contributed by atoms with Crippen LogP contribution in [0.5, 0.6) is 0 Å². The Hall–Kier alpha value is -4.08. The predicted octanol–water partition coefficient (Wildman–Crippen LogP) is 6.36. The lowest BCUT2D eigenvalue weighted by Crippen LogP contribution is -1.97. The van der Waals surface area contributed by atoms with Crippen LogP contribution in [-0.4, -0.2) is 4.57 Å². The van der Waals surface area contributed by atoms with Gasteiger partial charge in [-0.05, 0) is 35.0 Å². The van der Waals surface area contributed by atoms with Crippen molar-refractivity contribution in [2.75, 3.05) is 0 Å². The Morgan fingerprint density at radius 2 is 1.52 bits per heavy atom. The van der Waals surface area contributed by atoms with Crippen LogP contribution in [0.3, 0.4) is 0 Å². The molecule has 3 nitrogen and oxygen atoms in total. The minimum absolute atomic E-state index is 0.524. The molecule has 0 spiro atoms. The van der Waals surface area contributed by atoms with E-state index in [9.17, 15) is 5.26 Å². The van der Waals surface area contributed by atoms with Crippen molar-refractivity contribution in [3.05, 3.63) is 95.8 Å². The molecule has 0 aliphatic rings. The maximum atomic E-state index is 9.66. The molecule has 124 valence electrons. The van der Waals surface area contributed by atoms with Crippen LogP contribution < -0.4 is 0 Å². The molecule has 27 heavy (non-hydrogen) atoms. The predicted molar refractivity (Wildman–Crippen MR) is 109 cm³/mol. The van der Waals surface area contributed by atoms with Gasteiger partial charge in [0.05, 0.1) is 28.9 Å². The summed E-state index contributed by atoms with van der Waals surface area (Å²) in [5.74, 6) is 0. The van der Waals surface area contributed by atoms with E-state index in [-0.39, 0.29) is 0 Å². The lowest BCUT2D eigenvalue weighted by Gasteiger charge is -2.11. The number of rotatable bonds is 1. The van der Waals surface area contributed by atoms with Crippen LogP contribution in [-0.2, 0) is 0 Å². The summed E-state index contributed by atoms with van der Waals surface area (Å²) in [5.41, 5.74) is 3.89. The molecule has 0 radical (unpaired) electrons. The monoisotopic (exact) mass is 343 g/mol. The van der Waals surface area contributed by atoms with E-state index in [1.807, 2.05) is 24.3 Å². The first-order valence-electron chi connectivity index (χ1n) is 8.64. The van der Waals surface area contributed by atoms with Crippen LogP contribution in [0.15, 0.2) is 78.9 Å². The van der Waals surface area contributed by atoms with Crippen molar-refractivity contribution in [2.24, 2.45) is 0 Å². The van der Waals surface area contributed by atoms with Gasteiger partial charge in [-0.1, -0.05) is 54.6 Å². The van der Waals surface area contributed by atoms with E-state index in [1.54, 1.807) is 18.2 Å². The van der Waals surface area contributed by atoms with Gasteiger partial charge in [-0.25, -0.2) is 4.85 Å². The molecule has 0 bridgehead atoms. The summed E-state index contributed by atoms with van der Waals surface area (Å²) < 4.78 is 2.10. The molecule has 0 unspecified atom stereocenters. The molecule has 5 rings (SSSR count). The van der Waals surface area contributed by atoms with Gasteiger partial charge in [0.15, 0.2) is 5.69 Å². The maximum Gasteiger partial charge on any atom is 0.189 e. The van der Waals surface area contributed by atoms with Crippen LogP contribution in [0.1, 0.15) is 5.56 Å². The molecule has 1 heterocycles. The Kier molecular flexibility index (Phi) is 3.22. The molecule has 0 aliphatic carbocycles. The number of nitrogens with zero attached hydrogens (tertiary/aromatic N) is 3. The zero-order chi connectivity index (χ0) is 18.4. The van der Waals surface area contributed by atoms with E-state index in [1.165, 1.54) is 5.39 Å². The molecule has 0 amide bonds. The van der Waals surface area contributed by atoms with Crippen molar-refractivity contribution in [3.8, 4) is 11.8 Å². The zero-order valence-corrected chi connectivity index (χ0v) is 14.3. The lowest BCUT2D eigenvalue weighted by atomic mass is 10.1. The van der Waals surface area contributed by atoms with Gasteiger partial charge in [-0.3, -0.25) is 0 Å². The first kappa shape index (κ1) is 15.2. The smallest absolute Gasteiger partial charge is 0.189 e. The standard InChI is InChI=1S/C24H13N3/c1-26-19-11-10-18(15-25)23(14-19)27-22-9-5-4-8-20(22)21-12-16-6-2-3-7-17(16)13-24(21)27/h2-14H. The van der Waals surface area contributed by atoms with Crippen molar-refractivity contribution in [1.82, 2.24) is 4.57 Å². The summed E-state index contributed by atoms with van der Waals surface area (Å²) >= 11 is 0. The van der Waals surface area contributed by atoms with E-state index < -0.39 is 0 Å².